The lowest BCUT2D eigenvalue weighted by atomic mass is 9.95. The van der Waals surface area contributed by atoms with Crippen LogP contribution in [0.25, 0.3) is 0 Å². The summed E-state index contributed by atoms with van der Waals surface area (Å²) < 4.78 is 0. The van der Waals surface area contributed by atoms with E-state index in [-0.39, 0.29) is 0 Å². The highest BCUT2D eigenvalue weighted by atomic mass is 14.9. The fraction of sp³-hybridized carbons (Fsp3) is 0.900. The zero-order valence-electron chi connectivity index (χ0n) is 8.19. The van der Waals surface area contributed by atoms with Crippen molar-refractivity contribution in [2.45, 2.75) is 46.1 Å². The van der Waals surface area contributed by atoms with Crippen LogP contribution in [0.15, 0.2) is 0 Å². The minimum absolute atomic E-state index is 0.579. The SMILES string of the molecule is [CH2]C(CC)C(CCC)NCC. The minimum atomic E-state index is 0.579. The molecule has 0 bridgehead atoms. The second-order valence-electron chi connectivity index (χ2n) is 3.12. The van der Waals surface area contributed by atoms with Crippen molar-refractivity contribution in [3.05, 3.63) is 6.92 Å². The van der Waals surface area contributed by atoms with E-state index in [0.29, 0.717) is 12.0 Å². The summed E-state index contributed by atoms with van der Waals surface area (Å²) in [4.78, 5) is 0. The molecule has 0 saturated heterocycles. The molecule has 0 aromatic heterocycles. The molecular weight excluding hydrogens is 134 g/mol. The number of nitrogens with one attached hydrogen (secondary N) is 1. The second-order valence-corrected chi connectivity index (χ2v) is 3.12. The van der Waals surface area contributed by atoms with Crippen LogP contribution >= 0.6 is 0 Å². The molecule has 0 aliphatic heterocycles. The van der Waals surface area contributed by atoms with Crippen LogP contribution in [0.3, 0.4) is 0 Å². The summed E-state index contributed by atoms with van der Waals surface area (Å²) in [5.74, 6) is 0.579. The maximum atomic E-state index is 4.13. The Bertz CT molecular complexity index is 74.9. The van der Waals surface area contributed by atoms with Crippen LogP contribution in [0.4, 0.5) is 0 Å². The smallest absolute Gasteiger partial charge is 0.00950 e. The average molecular weight is 156 g/mol. The van der Waals surface area contributed by atoms with Crippen molar-refractivity contribution >= 4 is 0 Å². The highest BCUT2D eigenvalue weighted by Gasteiger charge is 2.12. The zero-order valence-corrected chi connectivity index (χ0v) is 8.19. The first-order valence-corrected chi connectivity index (χ1v) is 4.82. The highest BCUT2D eigenvalue weighted by Crippen LogP contribution is 2.11. The van der Waals surface area contributed by atoms with E-state index >= 15 is 0 Å². The Kier molecular flexibility index (Phi) is 6.63. The molecule has 11 heavy (non-hydrogen) atoms. The van der Waals surface area contributed by atoms with Crippen LogP contribution in [0.2, 0.25) is 0 Å². The van der Waals surface area contributed by atoms with Crippen molar-refractivity contribution in [2.24, 2.45) is 5.92 Å². The van der Waals surface area contributed by atoms with Crippen LogP contribution in [-0.2, 0) is 0 Å². The summed E-state index contributed by atoms with van der Waals surface area (Å²) in [5.41, 5.74) is 0. The van der Waals surface area contributed by atoms with Gasteiger partial charge in [0.1, 0.15) is 0 Å². The average Bonchev–Trinajstić information content (AvgIpc) is 2.03. The Morgan fingerprint density at radius 3 is 2.27 bits per heavy atom. The first-order chi connectivity index (χ1) is 5.26. The van der Waals surface area contributed by atoms with Gasteiger partial charge in [0.25, 0.3) is 0 Å². The van der Waals surface area contributed by atoms with E-state index in [9.17, 15) is 0 Å². The topological polar surface area (TPSA) is 12.0 Å². The van der Waals surface area contributed by atoms with Crippen molar-refractivity contribution in [1.82, 2.24) is 5.32 Å². The maximum absolute atomic E-state index is 4.13. The van der Waals surface area contributed by atoms with E-state index in [1.54, 1.807) is 0 Å². The molecule has 0 aromatic rings. The van der Waals surface area contributed by atoms with Crippen molar-refractivity contribution in [1.29, 1.82) is 0 Å². The molecule has 2 atom stereocenters. The zero-order chi connectivity index (χ0) is 8.69. The van der Waals surface area contributed by atoms with Gasteiger partial charge < -0.3 is 5.32 Å². The summed E-state index contributed by atoms with van der Waals surface area (Å²) in [6.45, 7) is 11.8. The van der Waals surface area contributed by atoms with Gasteiger partial charge in [-0.15, -0.1) is 0 Å². The van der Waals surface area contributed by atoms with E-state index in [0.717, 1.165) is 6.54 Å². The fourth-order valence-corrected chi connectivity index (χ4v) is 1.36. The van der Waals surface area contributed by atoms with Crippen molar-refractivity contribution < 1.29 is 0 Å². The first-order valence-electron chi connectivity index (χ1n) is 4.82. The predicted octanol–water partition coefficient (Wildman–Crippen LogP) is 2.62. The molecule has 0 rings (SSSR count). The standard InChI is InChI=1S/C10H22N/c1-5-8-10(11-7-3)9(4)6-2/h9-11H,4-8H2,1-3H3. The van der Waals surface area contributed by atoms with Crippen LogP contribution in [-0.4, -0.2) is 12.6 Å². The lowest BCUT2D eigenvalue weighted by Gasteiger charge is -2.22. The van der Waals surface area contributed by atoms with Crippen molar-refractivity contribution in [3.63, 3.8) is 0 Å². The summed E-state index contributed by atoms with van der Waals surface area (Å²) in [5, 5.41) is 3.47. The van der Waals surface area contributed by atoms with Gasteiger partial charge in [-0.2, -0.15) is 0 Å². The first kappa shape index (κ1) is 11.0. The molecule has 0 fully saturated rings. The van der Waals surface area contributed by atoms with E-state index in [1.165, 1.54) is 19.3 Å². The number of rotatable bonds is 6. The summed E-state index contributed by atoms with van der Waals surface area (Å²) in [6, 6.07) is 0.634. The fourth-order valence-electron chi connectivity index (χ4n) is 1.36. The number of hydrogen-bond donors (Lipinski definition) is 1. The normalized spacial score (nSPS) is 16.4. The van der Waals surface area contributed by atoms with E-state index in [2.05, 4.69) is 33.0 Å². The lowest BCUT2D eigenvalue weighted by Crippen LogP contribution is -2.34. The Balaban J connectivity index is 3.66. The van der Waals surface area contributed by atoms with E-state index in [4.69, 9.17) is 0 Å². The molecule has 0 amide bonds. The molecule has 1 N–H and O–H groups in total. The molecule has 1 heteroatoms. The van der Waals surface area contributed by atoms with Gasteiger partial charge in [0.2, 0.25) is 0 Å². The summed E-state index contributed by atoms with van der Waals surface area (Å²) >= 11 is 0. The molecule has 0 aliphatic rings. The van der Waals surface area contributed by atoms with Crippen LogP contribution < -0.4 is 5.32 Å². The highest BCUT2D eigenvalue weighted by molar-refractivity contribution is 4.76. The third kappa shape index (κ3) is 4.41. The second kappa shape index (κ2) is 6.66. The minimum Gasteiger partial charge on any atom is -0.314 e. The van der Waals surface area contributed by atoms with Crippen LogP contribution in [0.5, 0.6) is 0 Å². The Hall–Kier alpha value is -0.0400. The molecule has 67 valence electrons. The van der Waals surface area contributed by atoms with Crippen molar-refractivity contribution in [2.75, 3.05) is 6.54 Å². The summed E-state index contributed by atoms with van der Waals surface area (Å²) in [6.07, 6.45) is 3.69. The molecule has 0 heterocycles. The maximum Gasteiger partial charge on any atom is 0.00950 e. The molecular formula is C10H22N. The van der Waals surface area contributed by atoms with Gasteiger partial charge in [-0.05, 0) is 25.8 Å². The van der Waals surface area contributed by atoms with Crippen LogP contribution in [0.1, 0.15) is 40.0 Å². The lowest BCUT2D eigenvalue weighted by molar-refractivity contribution is 0.379. The molecule has 1 radical (unpaired) electrons. The Labute approximate surface area is 71.6 Å². The molecule has 0 aliphatic carbocycles. The third-order valence-electron chi connectivity index (χ3n) is 2.16. The van der Waals surface area contributed by atoms with Gasteiger partial charge in [0.05, 0.1) is 0 Å². The quantitative estimate of drug-likeness (QED) is 0.623. The van der Waals surface area contributed by atoms with Gasteiger partial charge >= 0.3 is 0 Å². The van der Waals surface area contributed by atoms with Gasteiger partial charge in [-0.3, -0.25) is 0 Å². The Morgan fingerprint density at radius 2 is 1.91 bits per heavy atom. The molecule has 0 saturated carbocycles. The largest absolute Gasteiger partial charge is 0.314 e. The van der Waals surface area contributed by atoms with Gasteiger partial charge in [-0.1, -0.05) is 33.6 Å². The van der Waals surface area contributed by atoms with Gasteiger partial charge in [0, 0.05) is 6.04 Å². The molecule has 1 nitrogen and oxygen atoms in total. The molecule has 0 aromatic carbocycles. The van der Waals surface area contributed by atoms with E-state index < -0.39 is 0 Å². The van der Waals surface area contributed by atoms with Gasteiger partial charge in [0.15, 0.2) is 0 Å². The van der Waals surface area contributed by atoms with Crippen molar-refractivity contribution in [3.8, 4) is 0 Å². The summed E-state index contributed by atoms with van der Waals surface area (Å²) in [7, 11) is 0. The monoisotopic (exact) mass is 156 g/mol. The third-order valence-corrected chi connectivity index (χ3v) is 2.16. The Morgan fingerprint density at radius 1 is 1.27 bits per heavy atom. The van der Waals surface area contributed by atoms with Gasteiger partial charge in [-0.25, -0.2) is 0 Å². The van der Waals surface area contributed by atoms with Crippen LogP contribution in [0, 0.1) is 12.8 Å². The van der Waals surface area contributed by atoms with E-state index in [1.807, 2.05) is 0 Å². The molecule has 2 unspecified atom stereocenters. The predicted molar refractivity (Wildman–Crippen MR) is 51.5 cm³/mol. The molecule has 0 spiro atoms. The number of hydrogen-bond acceptors (Lipinski definition) is 1.